The van der Waals surface area contributed by atoms with Gasteiger partial charge in [0.1, 0.15) is 0 Å². The Morgan fingerprint density at radius 1 is 1.32 bits per heavy atom. The molecule has 5 nitrogen and oxygen atoms in total. The van der Waals surface area contributed by atoms with Crippen LogP contribution in [0.4, 0.5) is 5.69 Å². The standard InChI is InChI=1S/C17H24N2O3/c1-3-22-16(20)9-6-13-4-7-15(8-5-13)19-17(21)12(2)14-10-18-11-14/h4-5,7-8,12,14,18H,3,6,9-11H2,1-2H3,(H,19,21). The predicted molar refractivity (Wildman–Crippen MR) is 85.5 cm³/mol. The Kier molecular flexibility index (Phi) is 5.95. The predicted octanol–water partition coefficient (Wildman–Crippen LogP) is 1.98. The van der Waals surface area contributed by atoms with Crippen LogP contribution < -0.4 is 10.6 Å². The molecular weight excluding hydrogens is 280 g/mol. The van der Waals surface area contributed by atoms with Gasteiger partial charge in [-0.1, -0.05) is 19.1 Å². The summed E-state index contributed by atoms with van der Waals surface area (Å²) >= 11 is 0. The van der Waals surface area contributed by atoms with E-state index in [4.69, 9.17) is 4.74 Å². The second-order valence-corrected chi connectivity index (χ2v) is 5.70. The average Bonchev–Trinajstić information content (AvgIpc) is 2.45. The Morgan fingerprint density at radius 2 is 2.00 bits per heavy atom. The molecule has 1 amide bonds. The summed E-state index contributed by atoms with van der Waals surface area (Å²) in [5.41, 5.74) is 1.85. The van der Waals surface area contributed by atoms with Crippen LogP contribution in [0.2, 0.25) is 0 Å². The molecule has 1 atom stereocenters. The van der Waals surface area contributed by atoms with E-state index in [1.54, 1.807) is 6.92 Å². The number of carbonyl (C=O) groups is 2. The van der Waals surface area contributed by atoms with Gasteiger partial charge >= 0.3 is 5.97 Å². The smallest absolute Gasteiger partial charge is 0.306 e. The molecule has 5 heteroatoms. The molecule has 0 spiro atoms. The third-order valence-electron chi connectivity index (χ3n) is 4.08. The third-order valence-corrected chi connectivity index (χ3v) is 4.08. The lowest BCUT2D eigenvalue weighted by atomic mass is 9.88. The van der Waals surface area contributed by atoms with Gasteiger partial charge in [0.05, 0.1) is 6.61 Å². The summed E-state index contributed by atoms with van der Waals surface area (Å²) in [6, 6.07) is 7.63. The van der Waals surface area contributed by atoms with Gasteiger partial charge in [0.25, 0.3) is 0 Å². The van der Waals surface area contributed by atoms with Crippen molar-refractivity contribution in [1.29, 1.82) is 0 Å². The first kappa shape index (κ1) is 16.5. The van der Waals surface area contributed by atoms with E-state index in [0.29, 0.717) is 25.4 Å². The van der Waals surface area contributed by atoms with E-state index in [9.17, 15) is 9.59 Å². The van der Waals surface area contributed by atoms with Gasteiger partial charge in [-0.3, -0.25) is 9.59 Å². The molecule has 1 aliphatic heterocycles. The van der Waals surface area contributed by atoms with Crippen LogP contribution in [0.25, 0.3) is 0 Å². The lowest BCUT2D eigenvalue weighted by molar-refractivity contribution is -0.143. The van der Waals surface area contributed by atoms with Crippen LogP contribution in [-0.2, 0) is 20.7 Å². The van der Waals surface area contributed by atoms with Crippen molar-refractivity contribution < 1.29 is 14.3 Å². The molecule has 1 heterocycles. The van der Waals surface area contributed by atoms with Gasteiger partial charge in [0.15, 0.2) is 0 Å². The lowest BCUT2D eigenvalue weighted by Gasteiger charge is -2.31. The zero-order chi connectivity index (χ0) is 15.9. The van der Waals surface area contributed by atoms with Crippen molar-refractivity contribution in [2.24, 2.45) is 11.8 Å². The van der Waals surface area contributed by atoms with E-state index >= 15 is 0 Å². The van der Waals surface area contributed by atoms with E-state index in [2.05, 4.69) is 10.6 Å². The minimum Gasteiger partial charge on any atom is -0.466 e. The zero-order valence-corrected chi connectivity index (χ0v) is 13.2. The van der Waals surface area contributed by atoms with Gasteiger partial charge < -0.3 is 15.4 Å². The molecule has 1 unspecified atom stereocenters. The molecule has 1 aromatic rings. The third kappa shape index (κ3) is 4.56. The van der Waals surface area contributed by atoms with Crippen molar-refractivity contribution in [3.63, 3.8) is 0 Å². The van der Waals surface area contributed by atoms with E-state index < -0.39 is 0 Å². The number of aryl methyl sites for hydroxylation is 1. The van der Waals surface area contributed by atoms with E-state index in [1.807, 2.05) is 31.2 Å². The highest BCUT2D eigenvalue weighted by molar-refractivity contribution is 5.92. The van der Waals surface area contributed by atoms with Crippen molar-refractivity contribution in [1.82, 2.24) is 5.32 Å². The summed E-state index contributed by atoms with van der Waals surface area (Å²) in [6.45, 7) is 6.02. The molecule has 0 aromatic heterocycles. The molecule has 22 heavy (non-hydrogen) atoms. The highest BCUT2D eigenvalue weighted by atomic mass is 16.5. The highest BCUT2D eigenvalue weighted by Crippen LogP contribution is 2.19. The van der Waals surface area contributed by atoms with Gasteiger partial charge in [-0.2, -0.15) is 0 Å². The number of nitrogens with one attached hydrogen (secondary N) is 2. The van der Waals surface area contributed by atoms with E-state index in [0.717, 1.165) is 24.3 Å². The Morgan fingerprint density at radius 3 is 2.55 bits per heavy atom. The quantitative estimate of drug-likeness (QED) is 0.756. The van der Waals surface area contributed by atoms with Crippen molar-refractivity contribution in [3.8, 4) is 0 Å². The fourth-order valence-corrected chi connectivity index (χ4v) is 2.37. The minimum atomic E-state index is -0.178. The maximum absolute atomic E-state index is 12.1. The summed E-state index contributed by atoms with van der Waals surface area (Å²) in [5, 5.41) is 6.13. The summed E-state index contributed by atoms with van der Waals surface area (Å²) < 4.78 is 4.90. The van der Waals surface area contributed by atoms with Gasteiger partial charge in [-0.05, 0) is 50.0 Å². The molecule has 1 fully saturated rings. The number of hydrogen-bond donors (Lipinski definition) is 2. The van der Waals surface area contributed by atoms with Gasteiger partial charge in [-0.15, -0.1) is 0 Å². The van der Waals surface area contributed by atoms with E-state index in [-0.39, 0.29) is 17.8 Å². The summed E-state index contributed by atoms with van der Waals surface area (Å²) in [4.78, 5) is 23.4. The van der Waals surface area contributed by atoms with Crippen LogP contribution in [0.3, 0.4) is 0 Å². The molecule has 0 saturated carbocycles. The number of carbonyl (C=O) groups excluding carboxylic acids is 2. The fourth-order valence-electron chi connectivity index (χ4n) is 2.37. The second-order valence-electron chi connectivity index (χ2n) is 5.70. The van der Waals surface area contributed by atoms with E-state index in [1.165, 1.54) is 0 Å². The van der Waals surface area contributed by atoms with Gasteiger partial charge in [0, 0.05) is 18.0 Å². The highest BCUT2D eigenvalue weighted by Gasteiger charge is 2.28. The van der Waals surface area contributed by atoms with Crippen molar-refractivity contribution in [3.05, 3.63) is 29.8 Å². The van der Waals surface area contributed by atoms with Crippen LogP contribution in [0.1, 0.15) is 25.8 Å². The lowest BCUT2D eigenvalue weighted by Crippen LogP contribution is -2.48. The normalized spacial score (nSPS) is 15.7. The van der Waals surface area contributed by atoms with Crippen molar-refractivity contribution in [2.75, 3.05) is 25.0 Å². The molecule has 120 valence electrons. The molecule has 1 saturated heterocycles. The maximum Gasteiger partial charge on any atom is 0.306 e. The molecular formula is C17H24N2O3. The maximum atomic E-state index is 12.1. The van der Waals surface area contributed by atoms with Crippen LogP contribution >= 0.6 is 0 Å². The van der Waals surface area contributed by atoms with Crippen LogP contribution in [0, 0.1) is 11.8 Å². The summed E-state index contributed by atoms with van der Waals surface area (Å²) in [6.07, 6.45) is 1.03. The van der Waals surface area contributed by atoms with Gasteiger partial charge in [0.2, 0.25) is 5.91 Å². The topological polar surface area (TPSA) is 67.4 Å². The minimum absolute atomic E-state index is 0.0183. The summed E-state index contributed by atoms with van der Waals surface area (Å²) in [7, 11) is 0. The fraction of sp³-hybridized carbons (Fsp3) is 0.529. The monoisotopic (exact) mass is 304 g/mol. The number of ether oxygens (including phenoxy) is 1. The molecule has 0 aliphatic carbocycles. The zero-order valence-electron chi connectivity index (χ0n) is 13.2. The van der Waals surface area contributed by atoms with Crippen molar-refractivity contribution in [2.45, 2.75) is 26.7 Å². The Balaban J connectivity index is 1.80. The SMILES string of the molecule is CCOC(=O)CCc1ccc(NC(=O)C(C)C2CNC2)cc1. The van der Waals surface area contributed by atoms with Crippen LogP contribution in [0.15, 0.2) is 24.3 Å². The first-order valence-electron chi connectivity index (χ1n) is 7.86. The Labute approximate surface area is 131 Å². The average molecular weight is 304 g/mol. The molecule has 0 bridgehead atoms. The number of rotatable bonds is 7. The molecule has 1 aliphatic rings. The van der Waals surface area contributed by atoms with Gasteiger partial charge in [-0.25, -0.2) is 0 Å². The first-order chi connectivity index (χ1) is 10.6. The first-order valence-corrected chi connectivity index (χ1v) is 7.86. The number of hydrogen-bond acceptors (Lipinski definition) is 4. The Bertz CT molecular complexity index is 509. The van der Waals surface area contributed by atoms with Crippen LogP contribution in [-0.4, -0.2) is 31.6 Å². The largest absolute Gasteiger partial charge is 0.466 e. The number of benzene rings is 1. The van der Waals surface area contributed by atoms with Crippen molar-refractivity contribution >= 4 is 17.6 Å². The molecule has 0 radical (unpaired) electrons. The molecule has 2 N–H and O–H groups in total. The Hall–Kier alpha value is -1.88. The second kappa shape index (κ2) is 7.94. The number of esters is 1. The molecule has 1 aromatic carbocycles. The number of amides is 1. The number of anilines is 1. The summed E-state index contributed by atoms with van der Waals surface area (Å²) in [5.74, 6) is 0.335. The van der Waals surface area contributed by atoms with Crippen LogP contribution in [0.5, 0.6) is 0 Å². The molecule has 2 rings (SSSR count).